The molecule has 0 spiro atoms. The van der Waals surface area contributed by atoms with Crippen LogP contribution >= 0.6 is 12.4 Å². The Hall–Kier alpha value is 0.210. The molecule has 1 saturated carbocycles. The summed E-state index contributed by atoms with van der Waals surface area (Å²) in [5.74, 6) is 0.928. The van der Waals surface area contributed by atoms with E-state index < -0.39 is 0 Å². The van der Waals surface area contributed by atoms with Gasteiger partial charge in [-0.3, -0.25) is 0 Å². The van der Waals surface area contributed by atoms with E-state index >= 15 is 0 Å². The molecule has 0 bridgehead atoms. The first kappa shape index (κ1) is 14.3. The molecule has 1 unspecified atom stereocenters. The maximum atomic E-state index is 3.76. The molecule has 1 aliphatic heterocycles. The molecule has 1 saturated heterocycles. The lowest BCUT2D eigenvalue weighted by Crippen LogP contribution is -2.32. The average molecular weight is 247 g/mol. The van der Waals surface area contributed by atoms with Crippen LogP contribution in [-0.2, 0) is 0 Å². The highest BCUT2D eigenvalue weighted by Crippen LogP contribution is 2.20. The molecule has 1 N–H and O–H groups in total. The van der Waals surface area contributed by atoms with Crippen LogP contribution in [0.15, 0.2) is 0 Å². The minimum atomic E-state index is 0. The summed E-state index contributed by atoms with van der Waals surface area (Å²) in [5.41, 5.74) is 0. The maximum Gasteiger partial charge on any atom is 0.00671 e. The molecular formula is C13H27ClN2. The Morgan fingerprint density at radius 3 is 2.62 bits per heavy atom. The van der Waals surface area contributed by atoms with Crippen molar-refractivity contribution in [3.8, 4) is 0 Å². The van der Waals surface area contributed by atoms with Crippen molar-refractivity contribution < 1.29 is 0 Å². The van der Waals surface area contributed by atoms with Gasteiger partial charge in [0.25, 0.3) is 0 Å². The SMILES string of the molecule is CCCN1CCC(CNC2CCCC2)C1.Cl. The van der Waals surface area contributed by atoms with Crippen molar-refractivity contribution >= 4 is 12.4 Å². The van der Waals surface area contributed by atoms with E-state index in [0.29, 0.717) is 0 Å². The Morgan fingerprint density at radius 2 is 1.94 bits per heavy atom. The molecule has 1 atom stereocenters. The van der Waals surface area contributed by atoms with Crippen molar-refractivity contribution in [3.63, 3.8) is 0 Å². The lowest BCUT2D eigenvalue weighted by molar-refractivity contribution is 0.319. The first-order valence-corrected chi connectivity index (χ1v) is 6.84. The highest BCUT2D eigenvalue weighted by molar-refractivity contribution is 5.85. The van der Waals surface area contributed by atoms with E-state index in [9.17, 15) is 0 Å². The molecule has 16 heavy (non-hydrogen) atoms. The van der Waals surface area contributed by atoms with Crippen molar-refractivity contribution in [3.05, 3.63) is 0 Å². The molecule has 3 heteroatoms. The van der Waals surface area contributed by atoms with Crippen LogP contribution in [0.25, 0.3) is 0 Å². The second-order valence-corrected chi connectivity index (χ2v) is 5.34. The highest BCUT2D eigenvalue weighted by Gasteiger charge is 2.23. The van der Waals surface area contributed by atoms with Crippen LogP contribution in [0, 0.1) is 5.92 Å². The predicted octanol–water partition coefficient (Wildman–Crippen LogP) is 2.67. The number of likely N-dealkylation sites (tertiary alicyclic amines) is 1. The lowest BCUT2D eigenvalue weighted by atomic mass is 10.1. The summed E-state index contributed by atoms with van der Waals surface area (Å²) >= 11 is 0. The summed E-state index contributed by atoms with van der Waals surface area (Å²) in [6.07, 6.45) is 8.47. The first-order valence-electron chi connectivity index (χ1n) is 6.84. The van der Waals surface area contributed by atoms with Gasteiger partial charge in [-0.2, -0.15) is 0 Å². The van der Waals surface area contributed by atoms with Crippen LogP contribution in [-0.4, -0.2) is 37.1 Å². The van der Waals surface area contributed by atoms with Gasteiger partial charge in [0, 0.05) is 12.6 Å². The number of rotatable bonds is 5. The van der Waals surface area contributed by atoms with Crippen LogP contribution in [0.5, 0.6) is 0 Å². The lowest BCUT2D eigenvalue weighted by Gasteiger charge is -2.17. The molecule has 2 nitrogen and oxygen atoms in total. The van der Waals surface area contributed by atoms with Crippen LogP contribution in [0.4, 0.5) is 0 Å². The van der Waals surface area contributed by atoms with Gasteiger partial charge < -0.3 is 10.2 Å². The van der Waals surface area contributed by atoms with Gasteiger partial charge in [0.1, 0.15) is 0 Å². The zero-order valence-corrected chi connectivity index (χ0v) is 11.4. The van der Waals surface area contributed by atoms with Crippen LogP contribution in [0.1, 0.15) is 45.4 Å². The van der Waals surface area contributed by atoms with E-state index in [2.05, 4.69) is 17.1 Å². The van der Waals surface area contributed by atoms with Gasteiger partial charge in [-0.25, -0.2) is 0 Å². The van der Waals surface area contributed by atoms with Crippen molar-refractivity contribution in [1.29, 1.82) is 0 Å². The molecule has 2 aliphatic rings. The topological polar surface area (TPSA) is 15.3 Å². The number of hydrogen-bond donors (Lipinski definition) is 1. The molecule has 0 aromatic rings. The number of nitrogens with zero attached hydrogens (tertiary/aromatic N) is 1. The summed E-state index contributed by atoms with van der Waals surface area (Å²) in [7, 11) is 0. The summed E-state index contributed by atoms with van der Waals surface area (Å²) < 4.78 is 0. The number of nitrogens with one attached hydrogen (secondary N) is 1. The number of hydrogen-bond acceptors (Lipinski definition) is 2. The van der Waals surface area contributed by atoms with Gasteiger partial charge in [-0.15, -0.1) is 12.4 Å². The van der Waals surface area contributed by atoms with E-state index in [1.807, 2.05) is 0 Å². The normalized spacial score (nSPS) is 27.2. The van der Waals surface area contributed by atoms with E-state index in [0.717, 1.165) is 12.0 Å². The third-order valence-corrected chi connectivity index (χ3v) is 3.96. The van der Waals surface area contributed by atoms with E-state index in [-0.39, 0.29) is 12.4 Å². The Labute approximate surface area is 107 Å². The molecule has 2 fully saturated rings. The standard InChI is InChI=1S/C13H26N2.ClH/c1-2-8-15-9-7-12(11-15)10-14-13-5-3-4-6-13;/h12-14H,2-11H2,1H3;1H. The summed E-state index contributed by atoms with van der Waals surface area (Å²) in [6, 6.07) is 0.852. The zero-order valence-electron chi connectivity index (χ0n) is 10.6. The Kier molecular flexibility index (Phi) is 6.71. The van der Waals surface area contributed by atoms with E-state index in [4.69, 9.17) is 0 Å². The van der Waals surface area contributed by atoms with E-state index in [1.54, 1.807) is 0 Å². The summed E-state index contributed by atoms with van der Waals surface area (Å²) in [5, 5.41) is 3.76. The van der Waals surface area contributed by atoms with Gasteiger partial charge >= 0.3 is 0 Å². The fourth-order valence-electron chi connectivity index (χ4n) is 3.06. The van der Waals surface area contributed by atoms with Gasteiger partial charge in [-0.1, -0.05) is 19.8 Å². The monoisotopic (exact) mass is 246 g/mol. The maximum absolute atomic E-state index is 3.76. The molecule has 96 valence electrons. The molecule has 1 aliphatic carbocycles. The molecule has 1 heterocycles. The molecular weight excluding hydrogens is 220 g/mol. The number of halogens is 1. The van der Waals surface area contributed by atoms with Gasteiger partial charge in [0.05, 0.1) is 0 Å². The largest absolute Gasteiger partial charge is 0.314 e. The second kappa shape index (κ2) is 7.52. The fraction of sp³-hybridized carbons (Fsp3) is 1.00. The Bertz CT molecular complexity index is 181. The minimum Gasteiger partial charge on any atom is -0.314 e. The van der Waals surface area contributed by atoms with Crippen molar-refractivity contribution in [2.75, 3.05) is 26.2 Å². The summed E-state index contributed by atoms with van der Waals surface area (Å²) in [6.45, 7) is 7.54. The predicted molar refractivity (Wildman–Crippen MR) is 72.3 cm³/mol. The smallest absolute Gasteiger partial charge is 0.00671 e. The minimum absolute atomic E-state index is 0. The van der Waals surface area contributed by atoms with Crippen LogP contribution in [0.3, 0.4) is 0 Å². The van der Waals surface area contributed by atoms with Gasteiger partial charge in [0.2, 0.25) is 0 Å². The molecule has 0 amide bonds. The molecule has 0 aromatic carbocycles. The van der Waals surface area contributed by atoms with Crippen molar-refractivity contribution in [1.82, 2.24) is 10.2 Å². The van der Waals surface area contributed by atoms with E-state index in [1.165, 1.54) is 64.7 Å². The Morgan fingerprint density at radius 1 is 1.19 bits per heavy atom. The first-order chi connectivity index (χ1) is 7.38. The average Bonchev–Trinajstić information content (AvgIpc) is 2.85. The van der Waals surface area contributed by atoms with Crippen molar-refractivity contribution in [2.24, 2.45) is 5.92 Å². The van der Waals surface area contributed by atoms with Crippen LogP contribution in [0.2, 0.25) is 0 Å². The second-order valence-electron chi connectivity index (χ2n) is 5.34. The summed E-state index contributed by atoms with van der Waals surface area (Å²) in [4.78, 5) is 2.63. The van der Waals surface area contributed by atoms with Gasteiger partial charge in [0.15, 0.2) is 0 Å². The highest BCUT2D eigenvalue weighted by atomic mass is 35.5. The Balaban J connectivity index is 0.00000128. The fourth-order valence-corrected chi connectivity index (χ4v) is 3.06. The zero-order chi connectivity index (χ0) is 10.5. The van der Waals surface area contributed by atoms with Crippen molar-refractivity contribution in [2.45, 2.75) is 51.5 Å². The quantitative estimate of drug-likeness (QED) is 0.803. The van der Waals surface area contributed by atoms with Crippen LogP contribution < -0.4 is 5.32 Å². The molecule has 2 rings (SSSR count). The third-order valence-electron chi connectivity index (χ3n) is 3.96. The van der Waals surface area contributed by atoms with Gasteiger partial charge in [-0.05, 0) is 51.2 Å². The molecule has 0 aromatic heterocycles. The third kappa shape index (κ3) is 4.23. The molecule has 0 radical (unpaired) electrons.